The fraction of sp³-hybridized carbons (Fsp3) is 0.211. The maximum Gasteiger partial charge on any atom is 0.387 e. The lowest BCUT2D eigenvalue weighted by molar-refractivity contribution is -0.0510. The topological polar surface area (TPSA) is 212 Å². The van der Waals surface area contributed by atoms with Crippen molar-refractivity contribution in [3.05, 3.63) is 119 Å². The van der Waals surface area contributed by atoms with Crippen LogP contribution >= 0.6 is 12.4 Å². The van der Waals surface area contributed by atoms with Gasteiger partial charge in [0.25, 0.3) is 5.91 Å². The zero-order valence-corrected chi connectivity index (χ0v) is 31.5. The third-order valence-corrected chi connectivity index (χ3v) is 7.27. The number of hydrogen-bond donors (Lipinski definition) is 5. The summed E-state index contributed by atoms with van der Waals surface area (Å²) in [5.74, 6) is -3.84. The molecule has 0 fully saturated rings. The van der Waals surface area contributed by atoms with Crippen molar-refractivity contribution in [2.75, 3.05) is 14.2 Å². The molecule has 0 saturated carbocycles. The lowest BCUT2D eigenvalue weighted by atomic mass is 10.2. The van der Waals surface area contributed by atoms with E-state index in [1.807, 2.05) is 0 Å². The van der Waals surface area contributed by atoms with E-state index >= 15 is 0 Å². The van der Waals surface area contributed by atoms with Crippen LogP contribution in [0.2, 0.25) is 0 Å². The summed E-state index contributed by atoms with van der Waals surface area (Å²) in [5, 5.41) is 24.0. The first-order valence-corrected chi connectivity index (χ1v) is 16.3. The minimum absolute atomic E-state index is 0. The molecular weight excluding hydrogens is 868 g/mol. The molecule has 6 N–H and O–H groups in total. The highest BCUT2D eigenvalue weighted by Crippen LogP contribution is 2.29. The molecule has 24 heteroatoms. The van der Waals surface area contributed by atoms with Gasteiger partial charge in [0.2, 0.25) is 0 Å². The van der Waals surface area contributed by atoms with E-state index < -0.39 is 65.2 Å². The summed E-state index contributed by atoms with van der Waals surface area (Å²) < 4.78 is 119. The Bertz CT molecular complexity index is 2370. The van der Waals surface area contributed by atoms with E-state index in [4.69, 9.17) is 20.3 Å². The second-order valence-corrected chi connectivity index (χ2v) is 11.1. The zero-order valence-electron chi connectivity index (χ0n) is 30.7. The normalized spacial score (nSPS) is 10.1. The molecule has 0 unspecified atom stereocenters. The van der Waals surface area contributed by atoms with Crippen LogP contribution < -0.4 is 30.0 Å². The number of nitrogens with zero attached hydrogens (tertiary/aromatic N) is 4. The standard InChI is InChI=1S/C18H14F4N4O3.C10H11FN4O.C8H5F3O3.2CH4.ClH/c1-28-13-4-2-9(19)6-11(13)16-24-15(25-26-16)8-23-17(27)12-7-10(20)3-5-14(12)29-18(21)22;1-16-8-3-2-6(11)4-7(8)10-13-9(5-12)14-15-10;9-4-1-2-6(14-8(10)11)5(3-4)7(12)13;;;/h2-7,18H,8H2,1H3,(H,23,27)(H,24,25,26);2-4H,5,12H2,1H3,(H,13,14,15);1-3,8H,(H,12,13);2*1H4;1H. The number of aromatic nitrogens is 6. The maximum absolute atomic E-state index is 13.5. The number of carboxylic acids is 1. The summed E-state index contributed by atoms with van der Waals surface area (Å²) in [6.45, 7) is -6.25. The van der Waals surface area contributed by atoms with Crippen LogP contribution in [-0.2, 0) is 13.1 Å². The van der Waals surface area contributed by atoms with E-state index in [1.54, 1.807) is 0 Å². The summed E-state index contributed by atoms with van der Waals surface area (Å²) in [7, 11) is 2.91. The molecule has 6 rings (SSSR count). The molecule has 0 radical (unpaired) electrons. The number of halogens is 9. The van der Waals surface area contributed by atoms with Gasteiger partial charge in [-0.05, 0) is 72.8 Å². The predicted molar refractivity (Wildman–Crippen MR) is 209 cm³/mol. The average molecular weight is 907 g/mol. The molecule has 15 nitrogen and oxygen atoms in total. The summed E-state index contributed by atoms with van der Waals surface area (Å²) in [6.07, 6.45) is 0. The molecule has 0 bridgehead atoms. The van der Waals surface area contributed by atoms with Gasteiger partial charge in [0, 0.05) is 0 Å². The van der Waals surface area contributed by atoms with Gasteiger partial charge in [-0.1, -0.05) is 14.9 Å². The summed E-state index contributed by atoms with van der Waals surface area (Å²) in [6, 6.07) is 12.9. The van der Waals surface area contributed by atoms with Gasteiger partial charge < -0.3 is 35.1 Å². The number of benzene rings is 4. The van der Waals surface area contributed by atoms with E-state index in [0.717, 1.165) is 30.3 Å². The molecule has 0 atom stereocenters. The van der Waals surface area contributed by atoms with E-state index in [0.29, 0.717) is 40.3 Å². The number of alkyl halides is 4. The van der Waals surface area contributed by atoms with Crippen molar-refractivity contribution in [2.24, 2.45) is 5.73 Å². The number of hydrogen-bond acceptors (Lipinski definition) is 11. The monoisotopic (exact) mass is 906 g/mol. The molecule has 1 amide bonds. The van der Waals surface area contributed by atoms with Crippen LogP contribution in [0.3, 0.4) is 0 Å². The van der Waals surface area contributed by atoms with Crippen molar-refractivity contribution in [2.45, 2.75) is 41.2 Å². The van der Waals surface area contributed by atoms with Crippen molar-refractivity contribution >= 4 is 24.3 Å². The van der Waals surface area contributed by atoms with E-state index in [2.05, 4.69) is 45.2 Å². The van der Waals surface area contributed by atoms with Gasteiger partial charge in [-0.15, -0.1) is 12.4 Å². The lowest BCUT2D eigenvalue weighted by Crippen LogP contribution is -2.24. The van der Waals surface area contributed by atoms with Crippen LogP contribution in [0.4, 0.5) is 35.1 Å². The molecule has 0 aliphatic carbocycles. The molecule has 4 aromatic carbocycles. The average Bonchev–Trinajstić information content (AvgIpc) is 3.89. The summed E-state index contributed by atoms with van der Waals surface area (Å²) >= 11 is 0. The van der Waals surface area contributed by atoms with Crippen molar-refractivity contribution in [1.82, 2.24) is 35.7 Å². The second kappa shape index (κ2) is 24.9. The number of nitrogens with two attached hydrogens (primary N) is 1. The third-order valence-electron chi connectivity index (χ3n) is 7.27. The van der Waals surface area contributed by atoms with Crippen LogP contribution in [0.25, 0.3) is 22.8 Å². The van der Waals surface area contributed by atoms with Gasteiger partial charge in [-0.25, -0.2) is 32.3 Å². The van der Waals surface area contributed by atoms with Crippen molar-refractivity contribution < 1.29 is 68.8 Å². The predicted octanol–water partition coefficient (Wildman–Crippen LogP) is 8.19. The highest BCUT2D eigenvalue weighted by atomic mass is 35.5. The molecule has 6 aromatic rings. The Morgan fingerprint density at radius 1 is 0.661 bits per heavy atom. The van der Waals surface area contributed by atoms with E-state index in [1.165, 1.54) is 50.6 Å². The van der Waals surface area contributed by atoms with Gasteiger partial charge >= 0.3 is 19.2 Å². The van der Waals surface area contributed by atoms with Gasteiger partial charge in [-0.3, -0.25) is 15.0 Å². The van der Waals surface area contributed by atoms with E-state index in [-0.39, 0.29) is 57.8 Å². The zero-order chi connectivity index (χ0) is 43.2. The van der Waals surface area contributed by atoms with Crippen molar-refractivity contribution in [1.29, 1.82) is 0 Å². The smallest absolute Gasteiger partial charge is 0.387 e. The number of rotatable bonds is 13. The van der Waals surface area contributed by atoms with E-state index in [9.17, 15) is 44.7 Å². The first kappa shape index (κ1) is 53.0. The second-order valence-electron chi connectivity index (χ2n) is 11.1. The van der Waals surface area contributed by atoms with Crippen LogP contribution in [0.5, 0.6) is 23.0 Å². The summed E-state index contributed by atoms with van der Waals surface area (Å²) in [4.78, 5) is 31.0. The van der Waals surface area contributed by atoms with Crippen LogP contribution in [0.15, 0.2) is 72.8 Å². The third kappa shape index (κ3) is 14.9. The van der Waals surface area contributed by atoms with Crippen LogP contribution in [0.1, 0.15) is 47.2 Å². The Kier molecular flexibility index (Phi) is 21.3. The van der Waals surface area contributed by atoms with Gasteiger partial charge in [-0.2, -0.15) is 27.8 Å². The maximum atomic E-state index is 13.5. The van der Waals surface area contributed by atoms with Gasteiger partial charge in [0.1, 0.15) is 63.5 Å². The molecule has 2 aromatic heterocycles. The highest BCUT2D eigenvalue weighted by molar-refractivity contribution is 5.97. The molecule has 0 saturated heterocycles. The van der Waals surface area contributed by atoms with Crippen molar-refractivity contribution in [3.8, 4) is 45.8 Å². The first-order chi connectivity index (χ1) is 28.1. The minimum atomic E-state index is -3.18. The number of ether oxygens (including phenoxy) is 4. The quantitative estimate of drug-likeness (QED) is 0.0695. The molecular formula is C38H39ClF8N8O7. The molecule has 2 heterocycles. The molecule has 0 aliphatic heterocycles. The number of amides is 1. The lowest BCUT2D eigenvalue weighted by Gasteiger charge is -2.10. The Morgan fingerprint density at radius 2 is 1.05 bits per heavy atom. The van der Waals surface area contributed by atoms with Crippen LogP contribution in [-0.4, -0.2) is 74.8 Å². The number of aromatic amines is 2. The molecule has 0 spiro atoms. The number of methoxy groups -OCH3 is 2. The SMILES string of the molecule is C.C.COc1ccc(F)cc1-c1n[nH]c(CN)n1.COc1ccc(F)cc1-c1n[nH]c(CNC(=O)c2cc(F)ccc2OC(F)F)n1.Cl.O=C(O)c1cc(F)ccc1OC(F)F. The molecule has 336 valence electrons. The Balaban J connectivity index is 0.000000496. The number of carbonyl (C=O) groups excluding carboxylic acids is 1. The number of carbonyl (C=O) groups is 2. The fourth-order valence-electron chi connectivity index (χ4n) is 4.72. The minimum Gasteiger partial charge on any atom is -0.496 e. The Hall–Kier alpha value is -7.01. The first-order valence-electron chi connectivity index (χ1n) is 16.3. The molecule has 62 heavy (non-hydrogen) atoms. The Labute approximate surface area is 354 Å². The highest BCUT2D eigenvalue weighted by Gasteiger charge is 2.19. The number of carboxylic acid groups (broad SMARTS) is 1. The van der Waals surface area contributed by atoms with Crippen LogP contribution in [0, 0.1) is 23.3 Å². The van der Waals surface area contributed by atoms with Gasteiger partial charge in [0.15, 0.2) is 11.6 Å². The fourth-order valence-corrected chi connectivity index (χ4v) is 4.72. The Morgan fingerprint density at radius 3 is 1.45 bits per heavy atom. The number of H-pyrrole nitrogens is 2. The van der Waals surface area contributed by atoms with Crippen molar-refractivity contribution in [3.63, 3.8) is 0 Å². The number of nitrogens with one attached hydrogen (secondary N) is 3. The molecule has 0 aliphatic rings. The largest absolute Gasteiger partial charge is 0.496 e. The summed E-state index contributed by atoms with van der Waals surface area (Å²) in [5.41, 5.74) is 5.15. The van der Waals surface area contributed by atoms with Gasteiger partial charge in [0.05, 0.1) is 44.0 Å². The number of aromatic carboxylic acids is 1.